The number of anilines is 2. The van der Waals surface area contributed by atoms with Gasteiger partial charge in [-0.1, -0.05) is 23.7 Å². The number of hydrogen-bond acceptors (Lipinski definition) is 6. The number of nitrogens with zero attached hydrogens (tertiary/aromatic N) is 4. The van der Waals surface area contributed by atoms with Crippen LogP contribution in [0.25, 0.3) is 16.7 Å². The molecule has 0 radical (unpaired) electrons. The van der Waals surface area contributed by atoms with Crippen molar-refractivity contribution >= 4 is 34.1 Å². The zero-order valence-electron chi connectivity index (χ0n) is 15.8. The third-order valence-electron chi connectivity index (χ3n) is 4.33. The summed E-state index contributed by atoms with van der Waals surface area (Å²) in [5.41, 5.74) is -1.61. The Balaban J connectivity index is 1.98. The first-order chi connectivity index (χ1) is 14.8. The summed E-state index contributed by atoms with van der Waals surface area (Å²) in [7, 11) is 1.44. The van der Waals surface area contributed by atoms with Crippen LogP contribution in [-0.4, -0.2) is 26.6 Å². The maximum absolute atomic E-state index is 13.3. The van der Waals surface area contributed by atoms with Crippen molar-refractivity contribution in [1.82, 2.24) is 19.5 Å². The van der Waals surface area contributed by atoms with E-state index < -0.39 is 17.6 Å². The zero-order chi connectivity index (χ0) is 22.2. The number of halogens is 4. The average molecular weight is 448 g/mol. The lowest BCUT2D eigenvalue weighted by Crippen LogP contribution is -2.24. The van der Waals surface area contributed by atoms with Gasteiger partial charge in [0.05, 0.1) is 23.2 Å². The van der Waals surface area contributed by atoms with Gasteiger partial charge >= 0.3 is 11.9 Å². The first-order valence-electron chi connectivity index (χ1n) is 8.81. The van der Waals surface area contributed by atoms with Gasteiger partial charge in [-0.3, -0.25) is 0 Å². The van der Waals surface area contributed by atoms with Crippen molar-refractivity contribution in [3.63, 3.8) is 0 Å². The zero-order valence-corrected chi connectivity index (χ0v) is 16.6. The van der Waals surface area contributed by atoms with Gasteiger partial charge < -0.3 is 10.1 Å². The molecule has 4 aromatic rings. The fraction of sp³-hybridized carbons (Fsp3) is 0.100. The summed E-state index contributed by atoms with van der Waals surface area (Å²) >= 11 is 6.19. The average Bonchev–Trinajstić information content (AvgIpc) is 2.74. The van der Waals surface area contributed by atoms with Crippen LogP contribution in [0.15, 0.2) is 59.5 Å². The Morgan fingerprint density at radius 2 is 1.87 bits per heavy atom. The fourth-order valence-corrected chi connectivity index (χ4v) is 3.16. The SMILES string of the molecule is COc1cc(Nc2nc(=O)n(-c3ccccc3Cl)c3nc(C(F)(F)F)ccc23)ccn1. The first-order valence-corrected chi connectivity index (χ1v) is 9.18. The van der Waals surface area contributed by atoms with Gasteiger partial charge in [0.1, 0.15) is 11.5 Å². The molecule has 1 aromatic carbocycles. The van der Waals surface area contributed by atoms with Crippen LogP contribution in [0.4, 0.5) is 24.7 Å². The molecule has 0 aliphatic rings. The fourth-order valence-electron chi connectivity index (χ4n) is 2.94. The molecule has 0 bridgehead atoms. The van der Waals surface area contributed by atoms with E-state index in [-0.39, 0.29) is 27.6 Å². The molecular formula is C20H13ClF3N5O2. The molecule has 11 heteroatoms. The third-order valence-corrected chi connectivity index (χ3v) is 4.65. The van der Waals surface area contributed by atoms with Gasteiger partial charge in [-0.15, -0.1) is 0 Å². The number of hydrogen-bond donors (Lipinski definition) is 1. The van der Waals surface area contributed by atoms with Crippen LogP contribution in [0.3, 0.4) is 0 Å². The second-order valence-electron chi connectivity index (χ2n) is 6.31. The molecule has 0 atom stereocenters. The number of fused-ring (bicyclic) bond motifs is 1. The van der Waals surface area contributed by atoms with Gasteiger partial charge in [-0.25, -0.2) is 19.3 Å². The maximum atomic E-state index is 13.3. The topological polar surface area (TPSA) is 81.9 Å². The van der Waals surface area contributed by atoms with E-state index in [4.69, 9.17) is 16.3 Å². The monoisotopic (exact) mass is 447 g/mol. The largest absolute Gasteiger partial charge is 0.481 e. The summed E-state index contributed by atoms with van der Waals surface area (Å²) in [6.45, 7) is 0. The molecule has 0 aliphatic heterocycles. The Bertz CT molecular complexity index is 1340. The standard InChI is InChI=1S/C20H13ClF3N5O2/c1-31-16-10-11(8-9-25-16)26-17-12-6-7-15(20(22,23)24)27-18(12)29(19(30)28-17)14-5-3-2-4-13(14)21/h2-10H,1H3,(H,25,26,28,30). The van der Waals surface area contributed by atoms with Gasteiger partial charge in [0, 0.05) is 18.0 Å². The van der Waals surface area contributed by atoms with E-state index in [0.29, 0.717) is 11.6 Å². The van der Waals surface area contributed by atoms with Crippen molar-refractivity contribution in [1.29, 1.82) is 0 Å². The maximum Gasteiger partial charge on any atom is 0.433 e. The van der Waals surface area contributed by atoms with E-state index in [1.54, 1.807) is 24.3 Å². The molecule has 0 fully saturated rings. The Kier molecular flexibility index (Phi) is 5.24. The predicted octanol–water partition coefficient (Wildman–Crippen LogP) is 4.60. The van der Waals surface area contributed by atoms with E-state index in [1.165, 1.54) is 31.5 Å². The number of rotatable bonds is 4. The van der Waals surface area contributed by atoms with Crippen LogP contribution in [0.5, 0.6) is 5.88 Å². The van der Waals surface area contributed by atoms with Crippen molar-refractivity contribution in [2.75, 3.05) is 12.4 Å². The molecule has 4 rings (SSSR count). The lowest BCUT2D eigenvalue weighted by atomic mass is 10.2. The lowest BCUT2D eigenvalue weighted by Gasteiger charge is -2.15. The van der Waals surface area contributed by atoms with Crippen LogP contribution < -0.4 is 15.7 Å². The second-order valence-corrected chi connectivity index (χ2v) is 6.71. The molecule has 3 heterocycles. The molecule has 1 N–H and O–H groups in total. The molecular weight excluding hydrogens is 435 g/mol. The number of nitrogens with one attached hydrogen (secondary N) is 1. The number of methoxy groups -OCH3 is 1. The Morgan fingerprint density at radius 1 is 1.10 bits per heavy atom. The quantitative estimate of drug-likeness (QED) is 0.492. The van der Waals surface area contributed by atoms with Gasteiger partial charge in [0.2, 0.25) is 5.88 Å². The smallest absolute Gasteiger partial charge is 0.433 e. The molecule has 158 valence electrons. The van der Waals surface area contributed by atoms with Crippen LogP contribution in [0.2, 0.25) is 5.02 Å². The number of alkyl halides is 3. The summed E-state index contributed by atoms with van der Waals surface area (Å²) in [6.07, 6.45) is -3.24. The van der Waals surface area contributed by atoms with Gasteiger partial charge in [0.25, 0.3) is 0 Å². The number of ether oxygens (including phenoxy) is 1. The summed E-state index contributed by atoms with van der Waals surface area (Å²) in [5, 5.41) is 3.26. The summed E-state index contributed by atoms with van der Waals surface area (Å²) in [4.78, 5) is 24.6. The minimum Gasteiger partial charge on any atom is -0.481 e. The number of aromatic nitrogens is 4. The highest BCUT2D eigenvalue weighted by atomic mass is 35.5. The van der Waals surface area contributed by atoms with Crippen molar-refractivity contribution < 1.29 is 17.9 Å². The van der Waals surface area contributed by atoms with Gasteiger partial charge in [0.15, 0.2) is 5.65 Å². The van der Waals surface area contributed by atoms with E-state index in [9.17, 15) is 18.0 Å². The summed E-state index contributed by atoms with van der Waals surface area (Å²) in [5.74, 6) is 0.328. The predicted molar refractivity (Wildman–Crippen MR) is 109 cm³/mol. The third kappa shape index (κ3) is 4.02. The molecule has 31 heavy (non-hydrogen) atoms. The molecule has 0 amide bonds. The molecule has 0 saturated carbocycles. The summed E-state index contributed by atoms with van der Waals surface area (Å²) in [6, 6.07) is 11.4. The highest BCUT2D eigenvalue weighted by molar-refractivity contribution is 6.32. The Morgan fingerprint density at radius 3 is 2.58 bits per heavy atom. The van der Waals surface area contributed by atoms with E-state index in [0.717, 1.165) is 10.6 Å². The van der Waals surface area contributed by atoms with Gasteiger partial charge in [-0.05, 0) is 30.3 Å². The minimum absolute atomic E-state index is 0.0257. The first kappa shape index (κ1) is 20.6. The van der Waals surface area contributed by atoms with Crippen molar-refractivity contribution in [2.24, 2.45) is 0 Å². The van der Waals surface area contributed by atoms with Crippen LogP contribution in [0.1, 0.15) is 5.69 Å². The van der Waals surface area contributed by atoms with Gasteiger partial charge in [-0.2, -0.15) is 18.2 Å². The molecule has 3 aromatic heterocycles. The van der Waals surface area contributed by atoms with Crippen molar-refractivity contribution in [3.8, 4) is 11.6 Å². The van der Waals surface area contributed by atoms with E-state index in [2.05, 4.69) is 20.3 Å². The van der Waals surface area contributed by atoms with E-state index >= 15 is 0 Å². The van der Waals surface area contributed by atoms with Crippen molar-refractivity contribution in [3.05, 3.63) is 75.9 Å². The normalized spacial score (nSPS) is 11.5. The minimum atomic E-state index is -4.70. The van der Waals surface area contributed by atoms with Crippen molar-refractivity contribution in [2.45, 2.75) is 6.18 Å². The lowest BCUT2D eigenvalue weighted by molar-refractivity contribution is -0.141. The highest BCUT2D eigenvalue weighted by Crippen LogP contribution is 2.32. The second kappa shape index (κ2) is 7.88. The Hall–Kier alpha value is -3.66. The number of benzene rings is 1. The molecule has 0 aliphatic carbocycles. The Labute approximate surface area is 178 Å². The number of pyridine rings is 2. The van der Waals surface area contributed by atoms with Crippen LogP contribution in [0, 0.1) is 0 Å². The molecule has 7 nitrogen and oxygen atoms in total. The van der Waals surface area contributed by atoms with E-state index in [1.807, 2.05) is 0 Å². The highest BCUT2D eigenvalue weighted by Gasteiger charge is 2.33. The van der Waals surface area contributed by atoms with Crippen LogP contribution in [-0.2, 0) is 6.18 Å². The number of para-hydroxylation sites is 1. The molecule has 0 spiro atoms. The van der Waals surface area contributed by atoms with Crippen LogP contribution >= 0.6 is 11.6 Å². The molecule has 0 unspecified atom stereocenters. The molecule has 0 saturated heterocycles. The summed E-state index contributed by atoms with van der Waals surface area (Å²) < 4.78 is 46.0.